The van der Waals surface area contributed by atoms with Crippen molar-refractivity contribution in [2.45, 2.75) is 20.5 Å². The summed E-state index contributed by atoms with van der Waals surface area (Å²) in [4.78, 5) is 39.8. The van der Waals surface area contributed by atoms with Gasteiger partial charge in [0.05, 0.1) is 28.9 Å². The van der Waals surface area contributed by atoms with Crippen LogP contribution in [0.4, 0.5) is 10.5 Å². The summed E-state index contributed by atoms with van der Waals surface area (Å²) in [5, 5.41) is 3.03. The highest BCUT2D eigenvalue weighted by Crippen LogP contribution is 2.37. The molecule has 4 amide bonds. The Morgan fingerprint density at radius 1 is 0.846 bits per heavy atom. The van der Waals surface area contributed by atoms with Gasteiger partial charge in [-0.2, -0.15) is 0 Å². The molecule has 0 radical (unpaired) electrons. The molecule has 0 unspecified atom stereocenters. The Labute approximate surface area is 240 Å². The standard InChI is InChI=1S/C28H23Cl3N2O6/c1-3-37-18-9-10-24(38-4-2)23(14-18)33-27(35)19(26(34)32-28(33)36)11-16-12-21(30)25(22(31)13-16)39-15-17-7-5-6-8-20(17)29/h5-14H,3-4,15H2,1-2H3,(H,32,34,36)/b19-11+. The van der Waals surface area contributed by atoms with Crippen LogP contribution in [0.15, 0.2) is 60.2 Å². The van der Waals surface area contributed by atoms with Gasteiger partial charge in [-0.25, -0.2) is 9.69 Å². The van der Waals surface area contributed by atoms with Crippen LogP contribution in [0.2, 0.25) is 15.1 Å². The molecule has 0 atom stereocenters. The molecule has 0 bridgehead atoms. The quantitative estimate of drug-likeness (QED) is 0.221. The zero-order valence-electron chi connectivity index (χ0n) is 20.9. The van der Waals surface area contributed by atoms with Crippen LogP contribution in [0.5, 0.6) is 17.2 Å². The first kappa shape index (κ1) is 28.3. The monoisotopic (exact) mass is 588 g/mol. The maximum atomic E-state index is 13.5. The lowest BCUT2D eigenvalue weighted by molar-refractivity contribution is -0.122. The van der Waals surface area contributed by atoms with Gasteiger partial charge in [-0.15, -0.1) is 0 Å². The molecule has 1 N–H and O–H groups in total. The lowest BCUT2D eigenvalue weighted by Gasteiger charge is -2.28. The molecule has 1 saturated heterocycles. The fourth-order valence-electron chi connectivity index (χ4n) is 3.81. The van der Waals surface area contributed by atoms with Gasteiger partial charge >= 0.3 is 6.03 Å². The van der Waals surface area contributed by atoms with Crippen LogP contribution < -0.4 is 24.4 Å². The number of carbonyl (C=O) groups excluding carboxylic acids is 3. The summed E-state index contributed by atoms with van der Waals surface area (Å²) >= 11 is 19.0. The molecular formula is C28H23Cl3N2O6. The van der Waals surface area contributed by atoms with Crippen molar-refractivity contribution in [2.75, 3.05) is 18.1 Å². The Balaban J connectivity index is 1.66. The van der Waals surface area contributed by atoms with Gasteiger partial charge in [-0.05, 0) is 55.8 Å². The van der Waals surface area contributed by atoms with E-state index < -0.39 is 17.8 Å². The maximum absolute atomic E-state index is 13.5. The predicted octanol–water partition coefficient (Wildman–Crippen LogP) is 6.69. The van der Waals surface area contributed by atoms with Gasteiger partial charge in [-0.1, -0.05) is 53.0 Å². The summed E-state index contributed by atoms with van der Waals surface area (Å²) in [5.74, 6) is -0.823. The summed E-state index contributed by atoms with van der Waals surface area (Å²) in [6.07, 6.45) is 1.29. The van der Waals surface area contributed by atoms with Gasteiger partial charge in [0, 0.05) is 16.7 Å². The second-order valence-electron chi connectivity index (χ2n) is 8.15. The summed E-state index contributed by atoms with van der Waals surface area (Å²) in [6, 6.07) is 14.0. The molecule has 0 aromatic heterocycles. The Kier molecular flexibility index (Phi) is 9.01. The highest BCUT2D eigenvalue weighted by atomic mass is 35.5. The number of barbiturate groups is 1. The van der Waals surface area contributed by atoms with Gasteiger partial charge in [-0.3, -0.25) is 14.9 Å². The van der Waals surface area contributed by atoms with Crippen molar-refractivity contribution in [3.8, 4) is 17.2 Å². The zero-order valence-corrected chi connectivity index (χ0v) is 23.2. The molecule has 1 heterocycles. The van der Waals surface area contributed by atoms with E-state index in [2.05, 4.69) is 5.32 Å². The maximum Gasteiger partial charge on any atom is 0.336 e. The molecule has 1 aliphatic heterocycles. The fraction of sp³-hybridized carbons (Fsp3) is 0.179. The minimum Gasteiger partial charge on any atom is -0.494 e. The Bertz CT molecular complexity index is 1450. The lowest BCUT2D eigenvalue weighted by atomic mass is 10.1. The van der Waals surface area contributed by atoms with E-state index in [1.54, 1.807) is 38.1 Å². The van der Waals surface area contributed by atoms with Crippen LogP contribution in [-0.2, 0) is 16.2 Å². The molecule has 1 fully saturated rings. The summed E-state index contributed by atoms with van der Waals surface area (Å²) in [6.45, 7) is 4.35. The molecule has 1 aliphatic rings. The number of nitrogens with zero attached hydrogens (tertiary/aromatic N) is 1. The number of ether oxygens (including phenoxy) is 3. The van der Waals surface area contributed by atoms with Gasteiger partial charge in [0.1, 0.15) is 23.7 Å². The van der Waals surface area contributed by atoms with Crippen molar-refractivity contribution < 1.29 is 28.6 Å². The van der Waals surface area contributed by atoms with E-state index in [1.807, 2.05) is 12.1 Å². The molecule has 3 aromatic carbocycles. The number of imide groups is 2. The van der Waals surface area contributed by atoms with E-state index in [4.69, 9.17) is 49.0 Å². The van der Waals surface area contributed by atoms with Crippen molar-refractivity contribution >= 4 is 64.4 Å². The molecule has 4 rings (SSSR count). The number of amides is 4. The second-order valence-corrected chi connectivity index (χ2v) is 9.37. The Hall–Kier alpha value is -3.72. The van der Waals surface area contributed by atoms with E-state index >= 15 is 0 Å². The number of carbonyl (C=O) groups is 3. The van der Waals surface area contributed by atoms with Crippen molar-refractivity contribution in [1.29, 1.82) is 0 Å². The van der Waals surface area contributed by atoms with Crippen molar-refractivity contribution in [3.63, 3.8) is 0 Å². The minimum absolute atomic E-state index is 0.125. The second kappa shape index (κ2) is 12.4. The molecule has 8 nitrogen and oxygen atoms in total. The third-order valence-electron chi connectivity index (χ3n) is 5.55. The molecule has 202 valence electrons. The number of hydrogen-bond acceptors (Lipinski definition) is 6. The lowest BCUT2D eigenvalue weighted by Crippen LogP contribution is -2.54. The van der Waals surface area contributed by atoms with Crippen molar-refractivity contribution in [2.24, 2.45) is 0 Å². The average molecular weight is 590 g/mol. The predicted molar refractivity (Wildman–Crippen MR) is 150 cm³/mol. The molecule has 0 spiro atoms. The molecule has 3 aromatic rings. The van der Waals surface area contributed by atoms with Gasteiger partial charge < -0.3 is 14.2 Å². The first-order valence-corrected chi connectivity index (χ1v) is 13.0. The number of benzene rings is 3. The number of urea groups is 1. The smallest absolute Gasteiger partial charge is 0.336 e. The average Bonchev–Trinajstić information content (AvgIpc) is 2.88. The number of anilines is 1. The molecule has 0 aliphatic carbocycles. The van der Waals surface area contributed by atoms with Crippen molar-refractivity contribution in [3.05, 3.63) is 86.4 Å². The van der Waals surface area contributed by atoms with Crippen LogP contribution in [0.1, 0.15) is 25.0 Å². The molecule has 0 saturated carbocycles. The highest BCUT2D eigenvalue weighted by Gasteiger charge is 2.38. The Morgan fingerprint density at radius 3 is 2.21 bits per heavy atom. The normalized spacial score (nSPS) is 14.4. The minimum atomic E-state index is -0.920. The molecule has 39 heavy (non-hydrogen) atoms. The van der Waals surface area contributed by atoms with Gasteiger partial charge in [0.2, 0.25) is 0 Å². The van der Waals surface area contributed by atoms with Crippen LogP contribution in [0, 0.1) is 0 Å². The van der Waals surface area contributed by atoms with Crippen molar-refractivity contribution in [1.82, 2.24) is 5.32 Å². The third-order valence-corrected chi connectivity index (χ3v) is 6.48. The van der Waals surface area contributed by atoms with E-state index in [1.165, 1.54) is 24.3 Å². The summed E-state index contributed by atoms with van der Waals surface area (Å²) in [7, 11) is 0. The van der Waals surface area contributed by atoms with E-state index in [0.29, 0.717) is 22.9 Å². The van der Waals surface area contributed by atoms with E-state index in [0.717, 1.165) is 10.5 Å². The zero-order chi connectivity index (χ0) is 28.1. The van der Waals surface area contributed by atoms with Gasteiger partial charge in [0.15, 0.2) is 5.75 Å². The van der Waals surface area contributed by atoms with Crippen LogP contribution in [0.3, 0.4) is 0 Å². The largest absolute Gasteiger partial charge is 0.494 e. The molecular weight excluding hydrogens is 567 g/mol. The van der Waals surface area contributed by atoms with E-state index in [-0.39, 0.29) is 46.0 Å². The van der Waals surface area contributed by atoms with Gasteiger partial charge in [0.25, 0.3) is 11.8 Å². The summed E-state index contributed by atoms with van der Waals surface area (Å²) in [5.41, 5.74) is 0.904. The number of rotatable bonds is 9. The first-order chi connectivity index (χ1) is 18.7. The first-order valence-electron chi connectivity index (χ1n) is 11.9. The number of nitrogens with one attached hydrogen (secondary N) is 1. The molecule has 11 heteroatoms. The van der Waals surface area contributed by atoms with Crippen LogP contribution in [0.25, 0.3) is 6.08 Å². The topological polar surface area (TPSA) is 94.2 Å². The highest BCUT2D eigenvalue weighted by molar-refractivity contribution is 6.40. The number of halogens is 3. The fourth-order valence-corrected chi connectivity index (χ4v) is 4.62. The SMILES string of the molecule is CCOc1ccc(OCC)c(N2C(=O)NC(=O)/C(=C\c3cc(Cl)c(OCc4ccccc4Cl)c(Cl)c3)C2=O)c1. The number of hydrogen-bond donors (Lipinski definition) is 1. The van der Waals surface area contributed by atoms with Crippen LogP contribution >= 0.6 is 34.8 Å². The Morgan fingerprint density at radius 2 is 1.54 bits per heavy atom. The summed E-state index contributed by atoms with van der Waals surface area (Å²) < 4.78 is 16.9. The third kappa shape index (κ3) is 6.30. The van der Waals surface area contributed by atoms with Crippen LogP contribution in [-0.4, -0.2) is 31.1 Å². The van der Waals surface area contributed by atoms with E-state index in [9.17, 15) is 14.4 Å².